The number of alkyl halides is 2. The van der Waals surface area contributed by atoms with Crippen LogP contribution in [0.25, 0.3) is 0 Å². The van der Waals surface area contributed by atoms with Crippen LogP contribution in [0, 0.1) is 0 Å². The molecule has 0 fully saturated rings. The van der Waals surface area contributed by atoms with Crippen LogP contribution in [-0.4, -0.2) is 23.2 Å². The molecule has 0 radical (unpaired) electrons. The predicted molar refractivity (Wildman–Crippen MR) is 72.8 cm³/mol. The molecule has 0 saturated carbocycles. The van der Waals surface area contributed by atoms with Crippen molar-refractivity contribution in [1.82, 2.24) is 0 Å². The summed E-state index contributed by atoms with van der Waals surface area (Å²) in [7, 11) is 3.15. The maximum Gasteiger partial charge on any atom is 0.190 e. The van der Waals surface area contributed by atoms with Crippen LogP contribution in [0.15, 0.2) is 12.1 Å². The van der Waals surface area contributed by atoms with E-state index in [0.29, 0.717) is 23.5 Å². The largest absolute Gasteiger partial charge is 0.493 e. The van der Waals surface area contributed by atoms with E-state index in [1.165, 1.54) is 0 Å². The first kappa shape index (κ1) is 12.9. The monoisotopic (exact) mass is 362 g/mol. The van der Waals surface area contributed by atoms with E-state index in [2.05, 4.69) is 31.9 Å². The van der Waals surface area contributed by atoms with Crippen molar-refractivity contribution in [3.05, 3.63) is 23.3 Å². The number of carbonyl (C=O) groups is 1. The third-order valence-corrected chi connectivity index (χ3v) is 4.41. The molecule has 1 aromatic rings. The Morgan fingerprint density at radius 3 is 2.35 bits per heavy atom. The van der Waals surface area contributed by atoms with E-state index >= 15 is 0 Å². The van der Waals surface area contributed by atoms with Gasteiger partial charge in [-0.2, -0.15) is 0 Å². The Bertz CT molecular complexity index is 469. The number of fused-ring (bicyclic) bond motifs is 1. The Hall–Kier alpha value is -0.550. The van der Waals surface area contributed by atoms with Crippen LogP contribution in [-0.2, 0) is 6.42 Å². The second-order valence-electron chi connectivity index (χ2n) is 3.90. The number of ether oxygens (including phenoxy) is 2. The van der Waals surface area contributed by atoms with E-state index in [4.69, 9.17) is 9.47 Å². The van der Waals surface area contributed by atoms with Crippen molar-refractivity contribution in [3.8, 4) is 11.5 Å². The molecule has 0 N–H and O–H groups in total. The van der Waals surface area contributed by atoms with Gasteiger partial charge in [-0.15, -0.1) is 0 Å². The first-order chi connectivity index (χ1) is 7.99. The topological polar surface area (TPSA) is 35.5 Å². The Labute approximate surface area is 117 Å². The highest BCUT2D eigenvalue weighted by molar-refractivity contribution is 9.26. The smallest absolute Gasteiger partial charge is 0.190 e. The Balaban J connectivity index is 2.55. The number of rotatable bonds is 2. The molecule has 0 heterocycles. The summed E-state index contributed by atoms with van der Waals surface area (Å²) < 4.78 is 9.79. The SMILES string of the molecule is COc1cc2c(cc1OC)C(=O)C(Br)(Br)CC2. The van der Waals surface area contributed by atoms with Crippen molar-refractivity contribution in [2.45, 2.75) is 16.1 Å². The zero-order valence-corrected chi connectivity index (χ0v) is 12.7. The van der Waals surface area contributed by atoms with E-state index in [-0.39, 0.29) is 5.78 Å². The highest BCUT2D eigenvalue weighted by Gasteiger charge is 2.38. The van der Waals surface area contributed by atoms with Gasteiger partial charge in [-0.1, -0.05) is 31.9 Å². The molecule has 2 rings (SSSR count). The third-order valence-electron chi connectivity index (χ3n) is 2.89. The summed E-state index contributed by atoms with van der Waals surface area (Å²) in [5.74, 6) is 1.27. The van der Waals surface area contributed by atoms with E-state index in [0.717, 1.165) is 12.0 Å². The summed E-state index contributed by atoms with van der Waals surface area (Å²) >= 11 is 6.81. The maximum absolute atomic E-state index is 12.2. The van der Waals surface area contributed by atoms with Gasteiger partial charge in [0.1, 0.15) is 3.23 Å². The van der Waals surface area contributed by atoms with Crippen molar-refractivity contribution in [2.24, 2.45) is 0 Å². The fourth-order valence-corrected chi connectivity index (χ4v) is 2.77. The molecule has 0 bridgehead atoms. The van der Waals surface area contributed by atoms with Gasteiger partial charge in [0.05, 0.1) is 14.2 Å². The van der Waals surface area contributed by atoms with E-state index in [1.54, 1.807) is 20.3 Å². The number of carbonyl (C=O) groups excluding carboxylic acids is 1. The summed E-state index contributed by atoms with van der Waals surface area (Å²) in [6.45, 7) is 0. The minimum atomic E-state index is -0.646. The fraction of sp³-hybridized carbons (Fsp3) is 0.417. The zero-order valence-electron chi connectivity index (χ0n) is 9.55. The lowest BCUT2D eigenvalue weighted by atomic mass is 9.90. The third kappa shape index (κ3) is 2.22. The van der Waals surface area contributed by atoms with Gasteiger partial charge >= 0.3 is 0 Å². The lowest BCUT2D eigenvalue weighted by Crippen LogP contribution is -2.31. The molecule has 17 heavy (non-hydrogen) atoms. The normalized spacial score (nSPS) is 17.5. The first-order valence-electron chi connectivity index (χ1n) is 5.17. The molecule has 1 aromatic carbocycles. The number of hydrogen-bond acceptors (Lipinski definition) is 3. The van der Waals surface area contributed by atoms with Gasteiger partial charge in [0.25, 0.3) is 0 Å². The number of aryl methyl sites for hydroxylation is 1. The molecule has 0 amide bonds. The Morgan fingerprint density at radius 2 is 1.76 bits per heavy atom. The van der Waals surface area contributed by atoms with Gasteiger partial charge in [0.2, 0.25) is 0 Å². The van der Waals surface area contributed by atoms with Crippen LogP contribution in [0.1, 0.15) is 22.3 Å². The number of Topliss-reactive ketones (excluding diaryl/α,β-unsaturated/α-hetero) is 1. The van der Waals surface area contributed by atoms with Gasteiger partial charge < -0.3 is 9.47 Å². The molecule has 0 spiro atoms. The fourth-order valence-electron chi connectivity index (χ4n) is 1.94. The van der Waals surface area contributed by atoms with Crippen molar-refractivity contribution < 1.29 is 14.3 Å². The number of benzene rings is 1. The van der Waals surface area contributed by atoms with Crippen LogP contribution in [0.3, 0.4) is 0 Å². The van der Waals surface area contributed by atoms with Gasteiger partial charge in [0, 0.05) is 5.56 Å². The number of ketones is 1. The van der Waals surface area contributed by atoms with Crippen molar-refractivity contribution in [3.63, 3.8) is 0 Å². The molecule has 3 nitrogen and oxygen atoms in total. The standard InChI is InChI=1S/C12H12Br2O3/c1-16-9-5-7-3-4-12(13,14)11(15)8(7)6-10(9)17-2/h5-6H,3-4H2,1-2H3. The number of halogens is 2. The summed E-state index contributed by atoms with van der Waals surface area (Å²) in [5.41, 5.74) is 1.69. The molecule has 1 aliphatic rings. The van der Waals surface area contributed by atoms with Gasteiger partial charge in [0.15, 0.2) is 17.3 Å². The predicted octanol–water partition coefficient (Wildman–Crippen LogP) is 3.32. The second-order valence-corrected chi connectivity index (χ2v) is 7.67. The van der Waals surface area contributed by atoms with Crippen LogP contribution >= 0.6 is 31.9 Å². The van der Waals surface area contributed by atoms with Crippen LogP contribution in [0.2, 0.25) is 0 Å². The number of methoxy groups -OCH3 is 2. The van der Waals surface area contributed by atoms with E-state index in [9.17, 15) is 4.79 Å². The van der Waals surface area contributed by atoms with Crippen LogP contribution < -0.4 is 9.47 Å². The summed E-state index contributed by atoms with van der Waals surface area (Å²) in [4.78, 5) is 12.2. The molecule has 0 aromatic heterocycles. The minimum Gasteiger partial charge on any atom is -0.493 e. The van der Waals surface area contributed by atoms with Crippen LogP contribution in [0.5, 0.6) is 11.5 Å². The summed E-state index contributed by atoms with van der Waals surface area (Å²) in [5, 5.41) is 0. The number of hydrogen-bond donors (Lipinski definition) is 0. The van der Waals surface area contributed by atoms with Gasteiger partial charge in [-0.05, 0) is 30.5 Å². The molecule has 5 heteroatoms. The van der Waals surface area contributed by atoms with E-state index < -0.39 is 3.23 Å². The highest BCUT2D eigenvalue weighted by atomic mass is 79.9. The molecule has 92 valence electrons. The molecule has 0 atom stereocenters. The second kappa shape index (κ2) is 4.61. The maximum atomic E-state index is 12.2. The lowest BCUT2D eigenvalue weighted by Gasteiger charge is -2.27. The van der Waals surface area contributed by atoms with E-state index in [1.807, 2.05) is 6.07 Å². The summed E-state index contributed by atoms with van der Waals surface area (Å²) in [6.07, 6.45) is 1.53. The van der Waals surface area contributed by atoms with Gasteiger partial charge in [-0.25, -0.2) is 0 Å². The van der Waals surface area contributed by atoms with Crippen molar-refractivity contribution in [1.29, 1.82) is 0 Å². The molecule has 0 unspecified atom stereocenters. The Kier molecular flexibility index (Phi) is 3.50. The summed E-state index contributed by atoms with van der Waals surface area (Å²) in [6, 6.07) is 3.62. The highest BCUT2D eigenvalue weighted by Crippen LogP contribution is 2.43. The molecule has 0 saturated heterocycles. The molecular weight excluding hydrogens is 352 g/mol. The zero-order chi connectivity index (χ0) is 12.6. The quantitative estimate of drug-likeness (QED) is 0.756. The van der Waals surface area contributed by atoms with Gasteiger partial charge in [-0.3, -0.25) is 4.79 Å². The molecular formula is C12H12Br2O3. The average Bonchev–Trinajstić information content (AvgIpc) is 2.33. The lowest BCUT2D eigenvalue weighted by molar-refractivity contribution is 0.0972. The minimum absolute atomic E-state index is 0.0275. The van der Waals surface area contributed by atoms with Crippen molar-refractivity contribution in [2.75, 3.05) is 14.2 Å². The van der Waals surface area contributed by atoms with Crippen molar-refractivity contribution >= 4 is 37.6 Å². The Morgan fingerprint density at radius 1 is 1.18 bits per heavy atom. The molecule has 1 aliphatic carbocycles. The average molecular weight is 364 g/mol. The molecule has 0 aliphatic heterocycles. The van der Waals surface area contributed by atoms with Crippen LogP contribution in [0.4, 0.5) is 0 Å². The first-order valence-corrected chi connectivity index (χ1v) is 6.75.